The lowest BCUT2D eigenvalue weighted by Gasteiger charge is -2.19. The van der Waals surface area contributed by atoms with Gasteiger partial charge in [-0.1, -0.05) is 29.8 Å². The first-order valence-electron chi connectivity index (χ1n) is 9.83. The Balaban J connectivity index is 1.75. The molecule has 0 aromatic heterocycles. The molecule has 0 aliphatic carbocycles. The van der Waals surface area contributed by atoms with Gasteiger partial charge in [0, 0.05) is 17.8 Å². The van der Waals surface area contributed by atoms with Crippen molar-refractivity contribution in [3.05, 3.63) is 59.7 Å². The number of amides is 3. The van der Waals surface area contributed by atoms with Gasteiger partial charge in [0.2, 0.25) is 11.8 Å². The number of hydrogen-bond donors (Lipinski definition) is 3. The smallest absolute Gasteiger partial charge is 0.408 e. The van der Waals surface area contributed by atoms with Crippen LogP contribution in [0.4, 0.5) is 16.2 Å². The van der Waals surface area contributed by atoms with Crippen molar-refractivity contribution in [2.24, 2.45) is 0 Å². The van der Waals surface area contributed by atoms with Gasteiger partial charge in [0.05, 0.1) is 0 Å². The Morgan fingerprint density at radius 3 is 2.07 bits per heavy atom. The van der Waals surface area contributed by atoms with Crippen molar-refractivity contribution < 1.29 is 19.1 Å². The van der Waals surface area contributed by atoms with E-state index in [0.29, 0.717) is 24.2 Å². The summed E-state index contributed by atoms with van der Waals surface area (Å²) in [5, 5.41) is 7.91. The van der Waals surface area contributed by atoms with Crippen LogP contribution in [-0.2, 0) is 20.7 Å². The molecule has 7 heteroatoms. The highest BCUT2D eigenvalue weighted by Crippen LogP contribution is 2.14. The lowest BCUT2D eigenvalue weighted by atomic mass is 10.1. The molecule has 2 aromatic carbocycles. The molecular formula is C23H29N3O4. The maximum Gasteiger partial charge on any atom is 0.408 e. The molecule has 0 unspecified atom stereocenters. The van der Waals surface area contributed by atoms with Crippen LogP contribution in [0.3, 0.4) is 0 Å². The molecule has 3 N–H and O–H groups in total. The van der Waals surface area contributed by atoms with Gasteiger partial charge in [-0.15, -0.1) is 0 Å². The highest BCUT2D eigenvalue weighted by molar-refractivity contribution is 5.94. The van der Waals surface area contributed by atoms with Gasteiger partial charge in [-0.3, -0.25) is 9.59 Å². The second-order valence-corrected chi connectivity index (χ2v) is 8.02. The monoisotopic (exact) mass is 411 g/mol. The lowest BCUT2D eigenvalue weighted by Crippen LogP contribution is -2.37. The van der Waals surface area contributed by atoms with Gasteiger partial charge in [-0.25, -0.2) is 4.79 Å². The number of alkyl carbamates (subject to hydrolysis) is 1. The van der Waals surface area contributed by atoms with Crippen LogP contribution in [0, 0.1) is 6.92 Å². The molecule has 0 aliphatic heterocycles. The molecule has 0 aliphatic rings. The first-order valence-corrected chi connectivity index (χ1v) is 9.83. The van der Waals surface area contributed by atoms with Crippen LogP contribution in [-0.4, -0.2) is 30.1 Å². The summed E-state index contributed by atoms with van der Waals surface area (Å²) in [6.45, 7) is 7.06. The quantitative estimate of drug-likeness (QED) is 0.641. The standard InChI is InChI=1S/C23H29N3O4/c1-16-6-5-7-17(14-16)8-13-20(27)25-18-9-11-19(12-10-18)26-21(28)15-24-22(29)30-23(2,3)4/h5-7,9-12,14H,8,13,15H2,1-4H3,(H,24,29)(H,25,27)(H,26,28). The van der Waals surface area contributed by atoms with E-state index >= 15 is 0 Å². The number of carbonyl (C=O) groups excluding carboxylic acids is 3. The Bertz CT molecular complexity index is 886. The number of nitrogens with one attached hydrogen (secondary N) is 3. The van der Waals surface area contributed by atoms with Gasteiger partial charge in [-0.2, -0.15) is 0 Å². The minimum absolute atomic E-state index is 0.0742. The fourth-order valence-electron chi connectivity index (χ4n) is 2.66. The highest BCUT2D eigenvalue weighted by Gasteiger charge is 2.16. The average molecular weight is 412 g/mol. The number of aryl methyl sites for hydroxylation is 2. The van der Waals surface area contributed by atoms with Gasteiger partial charge in [0.1, 0.15) is 12.1 Å². The first-order chi connectivity index (χ1) is 14.1. The van der Waals surface area contributed by atoms with Crippen LogP contribution < -0.4 is 16.0 Å². The summed E-state index contributed by atoms with van der Waals surface area (Å²) in [6, 6.07) is 14.9. The lowest BCUT2D eigenvalue weighted by molar-refractivity contribution is -0.116. The molecule has 2 aromatic rings. The van der Waals surface area contributed by atoms with Crippen LogP contribution in [0.2, 0.25) is 0 Å². The van der Waals surface area contributed by atoms with Crippen molar-refractivity contribution in [1.82, 2.24) is 5.32 Å². The minimum atomic E-state index is -0.652. The van der Waals surface area contributed by atoms with Gasteiger partial charge in [0.25, 0.3) is 0 Å². The molecule has 0 saturated carbocycles. The fourth-order valence-corrected chi connectivity index (χ4v) is 2.66. The summed E-state index contributed by atoms with van der Waals surface area (Å²) in [6.07, 6.45) is 0.409. The second kappa shape index (κ2) is 10.4. The maximum absolute atomic E-state index is 12.1. The molecule has 160 valence electrons. The van der Waals surface area contributed by atoms with E-state index in [9.17, 15) is 14.4 Å². The number of rotatable bonds is 7. The average Bonchev–Trinajstić information content (AvgIpc) is 2.65. The fraction of sp³-hybridized carbons (Fsp3) is 0.348. The van der Waals surface area contributed by atoms with Crippen molar-refractivity contribution in [2.45, 2.75) is 46.1 Å². The van der Waals surface area contributed by atoms with Gasteiger partial charge < -0.3 is 20.7 Å². The number of hydrogen-bond acceptors (Lipinski definition) is 4. The van der Waals surface area contributed by atoms with Gasteiger partial charge in [0.15, 0.2) is 0 Å². The van der Waals surface area contributed by atoms with Crippen molar-refractivity contribution in [1.29, 1.82) is 0 Å². The molecule has 0 heterocycles. The predicted molar refractivity (Wildman–Crippen MR) is 117 cm³/mol. The van der Waals surface area contributed by atoms with Crippen molar-refractivity contribution in [3.8, 4) is 0 Å². The van der Waals surface area contributed by atoms with E-state index in [2.05, 4.69) is 22.0 Å². The van der Waals surface area contributed by atoms with Gasteiger partial charge >= 0.3 is 6.09 Å². The Morgan fingerprint density at radius 2 is 1.50 bits per heavy atom. The summed E-state index contributed by atoms with van der Waals surface area (Å²) >= 11 is 0. The summed E-state index contributed by atoms with van der Waals surface area (Å²) in [4.78, 5) is 35.7. The van der Waals surface area contributed by atoms with E-state index in [-0.39, 0.29) is 18.4 Å². The molecule has 3 amide bonds. The van der Waals surface area contributed by atoms with Gasteiger partial charge in [-0.05, 0) is 63.9 Å². The third-order valence-corrected chi connectivity index (χ3v) is 3.97. The third kappa shape index (κ3) is 8.77. The largest absolute Gasteiger partial charge is 0.444 e. The Kier molecular flexibility index (Phi) is 7.98. The van der Waals surface area contributed by atoms with E-state index < -0.39 is 11.7 Å². The van der Waals surface area contributed by atoms with Crippen LogP contribution in [0.25, 0.3) is 0 Å². The summed E-state index contributed by atoms with van der Waals surface area (Å²) < 4.78 is 5.07. The SMILES string of the molecule is Cc1cccc(CCC(=O)Nc2ccc(NC(=O)CNC(=O)OC(C)(C)C)cc2)c1. The normalized spacial score (nSPS) is 10.8. The molecule has 0 saturated heterocycles. The van der Waals surface area contributed by atoms with E-state index in [1.54, 1.807) is 45.0 Å². The zero-order valence-electron chi connectivity index (χ0n) is 17.9. The highest BCUT2D eigenvalue weighted by atomic mass is 16.6. The molecular weight excluding hydrogens is 382 g/mol. The van der Waals surface area contributed by atoms with E-state index in [0.717, 1.165) is 5.56 Å². The van der Waals surface area contributed by atoms with E-state index in [1.165, 1.54) is 5.56 Å². The molecule has 30 heavy (non-hydrogen) atoms. The van der Waals surface area contributed by atoms with Crippen LogP contribution in [0.15, 0.2) is 48.5 Å². The number of anilines is 2. The molecule has 0 spiro atoms. The van der Waals surface area contributed by atoms with Crippen molar-refractivity contribution >= 4 is 29.3 Å². The summed E-state index contributed by atoms with van der Waals surface area (Å²) in [5.41, 5.74) is 2.88. The third-order valence-electron chi connectivity index (χ3n) is 3.97. The number of benzene rings is 2. The van der Waals surface area contributed by atoms with Crippen molar-refractivity contribution in [3.63, 3.8) is 0 Å². The molecule has 0 bridgehead atoms. The first kappa shape index (κ1) is 22.9. The molecule has 0 fully saturated rings. The number of carbonyl (C=O) groups is 3. The second-order valence-electron chi connectivity index (χ2n) is 8.02. The zero-order valence-corrected chi connectivity index (χ0v) is 17.9. The topological polar surface area (TPSA) is 96.5 Å². The Morgan fingerprint density at radius 1 is 0.900 bits per heavy atom. The van der Waals surface area contributed by atoms with E-state index in [1.807, 2.05) is 25.1 Å². The zero-order chi connectivity index (χ0) is 22.1. The van der Waals surface area contributed by atoms with Crippen molar-refractivity contribution in [2.75, 3.05) is 17.2 Å². The summed E-state index contributed by atoms with van der Waals surface area (Å²) in [5.74, 6) is -0.453. The Hall–Kier alpha value is -3.35. The number of ether oxygens (including phenoxy) is 1. The van der Waals surface area contributed by atoms with Crippen LogP contribution >= 0.6 is 0 Å². The molecule has 2 rings (SSSR count). The maximum atomic E-state index is 12.1. The molecule has 0 radical (unpaired) electrons. The van der Waals surface area contributed by atoms with Crippen LogP contribution in [0.5, 0.6) is 0 Å². The Labute approximate surface area is 177 Å². The summed E-state index contributed by atoms with van der Waals surface area (Å²) in [7, 11) is 0. The minimum Gasteiger partial charge on any atom is -0.444 e. The van der Waals surface area contributed by atoms with E-state index in [4.69, 9.17) is 4.74 Å². The molecule has 7 nitrogen and oxygen atoms in total. The molecule has 0 atom stereocenters. The predicted octanol–water partition coefficient (Wildman–Crippen LogP) is 4.03. The van der Waals surface area contributed by atoms with Crippen LogP contribution in [0.1, 0.15) is 38.3 Å².